The highest BCUT2D eigenvalue weighted by Gasteiger charge is 2.24. The Morgan fingerprint density at radius 2 is 2.06 bits per heavy atom. The number of rotatable bonds is 2. The van der Waals surface area contributed by atoms with Crippen LogP contribution in [0.15, 0.2) is 18.2 Å². The zero-order chi connectivity index (χ0) is 11.7. The van der Waals surface area contributed by atoms with Crippen LogP contribution in [0, 0.1) is 0 Å². The zero-order valence-corrected chi connectivity index (χ0v) is 9.62. The van der Waals surface area contributed by atoms with Crippen LogP contribution in [0.4, 0.5) is 5.69 Å². The monoisotopic (exact) mass is 217 g/mol. The molecule has 0 aliphatic carbocycles. The van der Waals surface area contributed by atoms with Crippen molar-refractivity contribution in [2.75, 3.05) is 11.4 Å². The van der Waals surface area contributed by atoms with Gasteiger partial charge in [0, 0.05) is 19.9 Å². The molecule has 16 heavy (non-hydrogen) atoms. The fraction of sp³-hybridized carbons (Fsp3) is 0.385. The molecular formula is C13H15NO2. The molecule has 1 aliphatic rings. The van der Waals surface area contributed by atoms with Crippen LogP contribution in [0.2, 0.25) is 0 Å². The van der Waals surface area contributed by atoms with Gasteiger partial charge in [0.15, 0.2) is 0 Å². The fourth-order valence-electron chi connectivity index (χ4n) is 2.26. The van der Waals surface area contributed by atoms with Gasteiger partial charge in [-0.3, -0.25) is 9.59 Å². The maximum absolute atomic E-state index is 11.5. The molecule has 0 atom stereocenters. The van der Waals surface area contributed by atoms with E-state index < -0.39 is 0 Å². The average molecular weight is 217 g/mol. The van der Waals surface area contributed by atoms with Gasteiger partial charge in [-0.15, -0.1) is 0 Å². The highest BCUT2D eigenvalue weighted by atomic mass is 16.2. The Labute approximate surface area is 95.1 Å². The first-order chi connectivity index (χ1) is 7.59. The molecule has 0 unspecified atom stereocenters. The van der Waals surface area contributed by atoms with Gasteiger partial charge in [0.1, 0.15) is 5.78 Å². The number of hydrogen-bond donors (Lipinski definition) is 0. The minimum Gasteiger partial charge on any atom is -0.312 e. The summed E-state index contributed by atoms with van der Waals surface area (Å²) in [5.41, 5.74) is 3.11. The molecule has 3 nitrogen and oxygen atoms in total. The highest BCUT2D eigenvalue weighted by molar-refractivity contribution is 5.95. The molecule has 84 valence electrons. The number of para-hydroxylation sites is 1. The fourth-order valence-corrected chi connectivity index (χ4v) is 2.26. The number of benzene rings is 1. The molecule has 1 amide bonds. The largest absolute Gasteiger partial charge is 0.312 e. The normalized spacial score (nSPS) is 13.8. The van der Waals surface area contributed by atoms with Crippen LogP contribution in [-0.4, -0.2) is 18.2 Å². The summed E-state index contributed by atoms with van der Waals surface area (Å²) in [7, 11) is 0. The van der Waals surface area contributed by atoms with E-state index in [4.69, 9.17) is 0 Å². The summed E-state index contributed by atoms with van der Waals surface area (Å²) < 4.78 is 0. The lowest BCUT2D eigenvalue weighted by Gasteiger charge is -2.18. The van der Waals surface area contributed by atoms with Crippen molar-refractivity contribution in [3.05, 3.63) is 29.3 Å². The van der Waals surface area contributed by atoms with Crippen LogP contribution >= 0.6 is 0 Å². The van der Waals surface area contributed by atoms with Crippen LogP contribution in [0.5, 0.6) is 0 Å². The Morgan fingerprint density at radius 3 is 2.69 bits per heavy atom. The summed E-state index contributed by atoms with van der Waals surface area (Å²) >= 11 is 0. The predicted molar refractivity (Wildman–Crippen MR) is 62.6 cm³/mol. The molecule has 0 radical (unpaired) electrons. The summed E-state index contributed by atoms with van der Waals surface area (Å²) in [5, 5.41) is 0. The van der Waals surface area contributed by atoms with Gasteiger partial charge < -0.3 is 4.90 Å². The van der Waals surface area contributed by atoms with E-state index in [1.165, 1.54) is 5.56 Å². The standard InChI is InChI=1S/C13H15NO2/c1-9(15)8-12-5-3-4-11-6-7-14(10(2)16)13(11)12/h3-5H,6-8H2,1-2H3. The summed E-state index contributed by atoms with van der Waals surface area (Å²) in [5.74, 6) is 0.179. The Kier molecular flexibility index (Phi) is 2.77. The topological polar surface area (TPSA) is 37.4 Å². The summed E-state index contributed by atoms with van der Waals surface area (Å²) in [6.07, 6.45) is 1.30. The van der Waals surface area contributed by atoms with Crippen molar-refractivity contribution in [1.82, 2.24) is 0 Å². The molecular weight excluding hydrogens is 202 g/mol. The van der Waals surface area contributed by atoms with E-state index in [0.717, 1.165) is 24.2 Å². The molecule has 0 fully saturated rings. The lowest BCUT2D eigenvalue weighted by atomic mass is 10.0. The van der Waals surface area contributed by atoms with Gasteiger partial charge in [0.2, 0.25) is 5.91 Å². The molecule has 1 heterocycles. The molecule has 0 N–H and O–H groups in total. The minimum absolute atomic E-state index is 0.0507. The minimum atomic E-state index is 0.0507. The van der Waals surface area contributed by atoms with Crippen molar-refractivity contribution in [3.63, 3.8) is 0 Å². The number of amides is 1. The van der Waals surface area contributed by atoms with Crippen molar-refractivity contribution < 1.29 is 9.59 Å². The number of carbonyl (C=O) groups excluding carboxylic acids is 2. The van der Waals surface area contributed by atoms with Gasteiger partial charge in [-0.2, -0.15) is 0 Å². The van der Waals surface area contributed by atoms with E-state index in [0.29, 0.717) is 6.42 Å². The Bertz CT molecular complexity index is 451. The lowest BCUT2D eigenvalue weighted by Crippen LogP contribution is -2.26. The molecule has 2 rings (SSSR count). The summed E-state index contributed by atoms with van der Waals surface area (Å²) in [4.78, 5) is 24.4. The van der Waals surface area contributed by atoms with Gasteiger partial charge >= 0.3 is 0 Å². The van der Waals surface area contributed by atoms with E-state index >= 15 is 0 Å². The molecule has 0 bridgehead atoms. The molecule has 1 aromatic rings. The van der Waals surface area contributed by atoms with E-state index in [2.05, 4.69) is 0 Å². The third-order valence-corrected chi connectivity index (χ3v) is 2.90. The highest BCUT2D eigenvalue weighted by Crippen LogP contribution is 2.32. The van der Waals surface area contributed by atoms with E-state index in [1.54, 1.807) is 18.7 Å². The Balaban J connectivity index is 2.45. The van der Waals surface area contributed by atoms with Crippen molar-refractivity contribution in [2.24, 2.45) is 0 Å². The summed E-state index contributed by atoms with van der Waals surface area (Å²) in [6.45, 7) is 3.88. The van der Waals surface area contributed by atoms with Crippen molar-refractivity contribution in [2.45, 2.75) is 26.7 Å². The van der Waals surface area contributed by atoms with Gasteiger partial charge in [0.05, 0.1) is 5.69 Å². The smallest absolute Gasteiger partial charge is 0.223 e. The van der Waals surface area contributed by atoms with Gasteiger partial charge in [-0.05, 0) is 24.5 Å². The van der Waals surface area contributed by atoms with Crippen LogP contribution in [-0.2, 0) is 22.4 Å². The number of carbonyl (C=O) groups is 2. The molecule has 1 aromatic carbocycles. The third-order valence-electron chi connectivity index (χ3n) is 2.90. The first-order valence-electron chi connectivity index (χ1n) is 5.48. The van der Waals surface area contributed by atoms with E-state index in [1.807, 2.05) is 18.2 Å². The van der Waals surface area contributed by atoms with E-state index in [-0.39, 0.29) is 11.7 Å². The number of ketones is 1. The molecule has 0 spiro atoms. The second-order valence-corrected chi connectivity index (χ2v) is 4.22. The van der Waals surface area contributed by atoms with E-state index in [9.17, 15) is 9.59 Å². The number of anilines is 1. The number of hydrogen-bond acceptors (Lipinski definition) is 2. The van der Waals surface area contributed by atoms with Crippen LogP contribution in [0.3, 0.4) is 0 Å². The second kappa shape index (κ2) is 4.08. The van der Waals surface area contributed by atoms with Crippen LogP contribution in [0.1, 0.15) is 25.0 Å². The van der Waals surface area contributed by atoms with Crippen molar-refractivity contribution >= 4 is 17.4 Å². The van der Waals surface area contributed by atoms with Gasteiger partial charge in [-0.25, -0.2) is 0 Å². The quantitative estimate of drug-likeness (QED) is 0.756. The first-order valence-corrected chi connectivity index (χ1v) is 5.48. The maximum atomic E-state index is 11.5. The van der Waals surface area contributed by atoms with Crippen molar-refractivity contribution in [1.29, 1.82) is 0 Å². The molecule has 1 aliphatic heterocycles. The Morgan fingerprint density at radius 1 is 1.31 bits per heavy atom. The lowest BCUT2D eigenvalue weighted by molar-refractivity contribution is -0.117. The summed E-state index contributed by atoms with van der Waals surface area (Å²) in [6, 6.07) is 5.92. The first kappa shape index (κ1) is 10.9. The average Bonchev–Trinajstić information content (AvgIpc) is 2.61. The molecule has 0 aromatic heterocycles. The molecule has 3 heteroatoms. The maximum Gasteiger partial charge on any atom is 0.223 e. The second-order valence-electron chi connectivity index (χ2n) is 4.22. The molecule has 0 saturated carbocycles. The molecule has 0 saturated heterocycles. The van der Waals surface area contributed by atoms with Crippen molar-refractivity contribution in [3.8, 4) is 0 Å². The third kappa shape index (κ3) is 1.85. The van der Waals surface area contributed by atoms with Gasteiger partial charge in [0.25, 0.3) is 0 Å². The Hall–Kier alpha value is -1.64. The predicted octanol–water partition coefficient (Wildman–Crippen LogP) is 1.73. The van der Waals surface area contributed by atoms with Gasteiger partial charge in [-0.1, -0.05) is 18.2 Å². The van der Waals surface area contributed by atoms with Crippen LogP contribution in [0.25, 0.3) is 0 Å². The van der Waals surface area contributed by atoms with Crippen LogP contribution < -0.4 is 4.90 Å². The SMILES string of the molecule is CC(=O)Cc1cccc2c1N(C(C)=O)CC2. The number of fused-ring (bicyclic) bond motifs is 1. The number of Topliss-reactive ketones (excluding diaryl/α,β-unsaturated/α-hetero) is 1. The number of nitrogens with zero attached hydrogens (tertiary/aromatic N) is 1. The zero-order valence-electron chi connectivity index (χ0n) is 9.62.